The van der Waals surface area contributed by atoms with Gasteiger partial charge < -0.3 is 5.73 Å². The second kappa shape index (κ2) is 4.80. The number of aryl methyl sites for hydroxylation is 1. The minimum absolute atomic E-state index is 0.519. The van der Waals surface area contributed by atoms with Gasteiger partial charge in [0.1, 0.15) is 0 Å². The van der Waals surface area contributed by atoms with E-state index in [1.54, 1.807) is 0 Å². The Bertz CT molecular complexity index is 491. The summed E-state index contributed by atoms with van der Waals surface area (Å²) in [4.78, 5) is 0. The summed E-state index contributed by atoms with van der Waals surface area (Å²) in [6.07, 6.45) is 0. The van der Waals surface area contributed by atoms with Crippen molar-refractivity contribution in [1.29, 1.82) is 0 Å². The lowest BCUT2D eigenvalue weighted by molar-refractivity contribution is 0.639. The predicted octanol–water partition coefficient (Wildman–Crippen LogP) is 2.46. The van der Waals surface area contributed by atoms with Crippen LogP contribution in [0.25, 0.3) is 0 Å². The van der Waals surface area contributed by atoms with E-state index >= 15 is 0 Å². The molecule has 0 amide bonds. The zero-order valence-corrected chi connectivity index (χ0v) is 10.7. The van der Waals surface area contributed by atoms with Crippen LogP contribution in [0.3, 0.4) is 0 Å². The minimum Gasteiger partial charge on any atom is -0.325 e. The number of halogens is 1. The van der Waals surface area contributed by atoms with E-state index in [0.717, 1.165) is 22.4 Å². The maximum atomic E-state index is 5.68. The van der Waals surface area contributed by atoms with Gasteiger partial charge >= 0.3 is 0 Å². The van der Waals surface area contributed by atoms with Crippen molar-refractivity contribution in [3.05, 3.63) is 51.8 Å². The second-order valence-corrected chi connectivity index (χ2v) is 4.58. The van der Waals surface area contributed by atoms with E-state index < -0.39 is 0 Å². The van der Waals surface area contributed by atoms with Crippen molar-refractivity contribution in [2.24, 2.45) is 5.73 Å². The Morgan fingerprint density at radius 2 is 2.12 bits per heavy atom. The van der Waals surface area contributed by atoms with E-state index in [4.69, 9.17) is 5.73 Å². The third-order valence-corrected chi connectivity index (χ3v) is 3.25. The lowest BCUT2D eigenvalue weighted by Crippen LogP contribution is -2.10. The first-order valence-corrected chi connectivity index (χ1v) is 5.97. The first-order chi connectivity index (χ1) is 7.70. The third-order valence-electron chi connectivity index (χ3n) is 2.47. The largest absolute Gasteiger partial charge is 0.325 e. The molecule has 2 rings (SSSR count). The molecule has 0 aliphatic rings. The van der Waals surface area contributed by atoms with Crippen molar-refractivity contribution in [3.8, 4) is 0 Å². The Morgan fingerprint density at radius 3 is 2.81 bits per heavy atom. The molecule has 84 valence electrons. The van der Waals surface area contributed by atoms with E-state index in [-0.39, 0.29) is 0 Å². The standard InChI is InChI=1S/C12H14BrN3/c1-9-6-11(7-14)16(15-9)8-10-4-2-3-5-12(10)13/h2-6H,7-8,14H2,1H3. The SMILES string of the molecule is Cc1cc(CN)n(Cc2ccccc2Br)n1. The molecular formula is C12H14BrN3. The van der Waals surface area contributed by atoms with Gasteiger partial charge in [0.2, 0.25) is 0 Å². The normalized spacial score (nSPS) is 10.7. The van der Waals surface area contributed by atoms with Crippen LogP contribution in [0.4, 0.5) is 0 Å². The molecule has 0 bridgehead atoms. The summed E-state index contributed by atoms with van der Waals surface area (Å²) in [5, 5.41) is 4.43. The molecular weight excluding hydrogens is 266 g/mol. The highest BCUT2D eigenvalue weighted by molar-refractivity contribution is 9.10. The molecule has 0 atom stereocenters. The number of hydrogen-bond donors (Lipinski definition) is 1. The molecule has 0 aliphatic heterocycles. The summed E-state index contributed by atoms with van der Waals surface area (Å²) in [7, 11) is 0. The van der Waals surface area contributed by atoms with E-state index in [2.05, 4.69) is 27.1 Å². The monoisotopic (exact) mass is 279 g/mol. The molecule has 1 heterocycles. The number of nitrogens with zero attached hydrogens (tertiary/aromatic N) is 2. The molecule has 0 unspecified atom stereocenters. The van der Waals surface area contributed by atoms with Crippen molar-refractivity contribution in [2.75, 3.05) is 0 Å². The van der Waals surface area contributed by atoms with Crippen LogP contribution in [0.15, 0.2) is 34.8 Å². The fraction of sp³-hybridized carbons (Fsp3) is 0.250. The average Bonchev–Trinajstić information content (AvgIpc) is 2.62. The number of hydrogen-bond acceptors (Lipinski definition) is 2. The summed E-state index contributed by atoms with van der Waals surface area (Å²) in [5.41, 5.74) is 8.96. The van der Waals surface area contributed by atoms with Crippen molar-refractivity contribution < 1.29 is 0 Å². The fourth-order valence-electron chi connectivity index (χ4n) is 1.69. The molecule has 4 heteroatoms. The molecule has 0 saturated heterocycles. The van der Waals surface area contributed by atoms with Crippen molar-refractivity contribution >= 4 is 15.9 Å². The summed E-state index contributed by atoms with van der Waals surface area (Å²) >= 11 is 3.53. The van der Waals surface area contributed by atoms with Crippen LogP contribution in [-0.2, 0) is 13.1 Å². The van der Waals surface area contributed by atoms with Crippen molar-refractivity contribution in [1.82, 2.24) is 9.78 Å². The summed E-state index contributed by atoms with van der Waals surface area (Å²) in [6, 6.07) is 10.2. The van der Waals surface area contributed by atoms with Gasteiger partial charge in [0.05, 0.1) is 17.9 Å². The molecule has 1 aromatic carbocycles. The van der Waals surface area contributed by atoms with Gasteiger partial charge in [-0.1, -0.05) is 34.1 Å². The Kier molecular flexibility index (Phi) is 3.41. The first-order valence-electron chi connectivity index (χ1n) is 5.17. The minimum atomic E-state index is 0.519. The number of benzene rings is 1. The van der Waals surface area contributed by atoms with Crippen LogP contribution in [-0.4, -0.2) is 9.78 Å². The average molecular weight is 280 g/mol. The highest BCUT2D eigenvalue weighted by Gasteiger charge is 2.06. The van der Waals surface area contributed by atoms with Crippen molar-refractivity contribution in [2.45, 2.75) is 20.0 Å². The smallest absolute Gasteiger partial charge is 0.0674 e. The van der Waals surface area contributed by atoms with Gasteiger partial charge in [0, 0.05) is 11.0 Å². The predicted molar refractivity (Wildman–Crippen MR) is 68.1 cm³/mol. The van der Waals surface area contributed by atoms with E-state index in [9.17, 15) is 0 Å². The molecule has 2 aromatic rings. The molecule has 16 heavy (non-hydrogen) atoms. The number of rotatable bonds is 3. The molecule has 0 aliphatic carbocycles. The molecule has 2 N–H and O–H groups in total. The molecule has 1 aromatic heterocycles. The zero-order valence-electron chi connectivity index (χ0n) is 9.15. The van der Waals surface area contributed by atoms with E-state index in [1.165, 1.54) is 5.56 Å². The zero-order chi connectivity index (χ0) is 11.5. The lowest BCUT2D eigenvalue weighted by Gasteiger charge is -2.07. The van der Waals surface area contributed by atoms with Crippen LogP contribution < -0.4 is 5.73 Å². The molecule has 0 spiro atoms. The van der Waals surface area contributed by atoms with Gasteiger partial charge in [-0.3, -0.25) is 4.68 Å². The quantitative estimate of drug-likeness (QED) is 0.938. The lowest BCUT2D eigenvalue weighted by atomic mass is 10.2. The Morgan fingerprint density at radius 1 is 1.38 bits per heavy atom. The summed E-state index contributed by atoms with van der Waals surface area (Å²) in [5.74, 6) is 0. The maximum absolute atomic E-state index is 5.68. The Balaban J connectivity index is 2.30. The molecule has 0 radical (unpaired) electrons. The van der Waals surface area contributed by atoms with Crippen molar-refractivity contribution in [3.63, 3.8) is 0 Å². The number of nitrogens with two attached hydrogens (primary N) is 1. The Labute approximate surface area is 103 Å². The Hall–Kier alpha value is -1.13. The van der Waals surface area contributed by atoms with Crippen LogP contribution >= 0.6 is 15.9 Å². The maximum Gasteiger partial charge on any atom is 0.0674 e. The number of aromatic nitrogens is 2. The van der Waals surface area contributed by atoms with Gasteiger partial charge in [-0.25, -0.2) is 0 Å². The third kappa shape index (κ3) is 2.33. The van der Waals surface area contributed by atoms with Crippen LogP contribution in [0.1, 0.15) is 17.0 Å². The molecule has 0 fully saturated rings. The van der Waals surface area contributed by atoms with Crippen LogP contribution in [0.2, 0.25) is 0 Å². The first kappa shape index (κ1) is 11.4. The van der Waals surface area contributed by atoms with Gasteiger partial charge in [-0.2, -0.15) is 5.10 Å². The highest BCUT2D eigenvalue weighted by atomic mass is 79.9. The summed E-state index contributed by atoms with van der Waals surface area (Å²) in [6.45, 7) is 3.25. The van der Waals surface area contributed by atoms with Crippen LogP contribution in [0, 0.1) is 6.92 Å². The fourth-order valence-corrected chi connectivity index (χ4v) is 2.10. The highest BCUT2D eigenvalue weighted by Crippen LogP contribution is 2.17. The van der Waals surface area contributed by atoms with Gasteiger partial charge in [0.25, 0.3) is 0 Å². The van der Waals surface area contributed by atoms with E-state index in [0.29, 0.717) is 6.54 Å². The van der Waals surface area contributed by atoms with Gasteiger partial charge in [-0.05, 0) is 24.6 Å². The van der Waals surface area contributed by atoms with E-state index in [1.807, 2.05) is 35.9 Å². The summed E-state index contributed by atoms with van der Waals surface area (Å²) < 4.78 is 3.06. The van der Waals surface area contributed by atoms with Crippen LogP contribution in [0.5, 0.6) is 0 Å². The molecule has 3 nitrogen and oxygen atoms in total. The molecule has 0 saturated carbocycles. The van der Waals surface area contributed by atoms with Gasteiger partial charge in [0.15, 0.2) is 0 Å². The second-order valence-electron chi connectivity index (χ2n) is 3.73. The van der Waals surface area contributed by atoms with Gasteiger partial charge in [-0.15, -0.1) is 0 Å². The topological polar surface area (TPSA) is 43.8 Å².